The number of ether oxygens (including phenoxy) is 1. The average molecular weight is 267 g/mol. The summed E-state index contributed by atoms with van der Waals surface area (Å²) in [5.41, 5.74) is -0.473. The van der Waals surface area contributed by atoms with Crippen molar-refractivity contribution in [3.63, 3.8) is 0 Å². The Morgan fingerprint density at radius 1 is 1.21 bits per heavy atom. The molecule has 0 spiro atoms. The molecule has 0 aromatic heterocycles. The summed E-state index contributed by atoms with van der Waals surface area (Å²) in [5.74, 6) is 0.383. The predicted octanol–water partition coefficient (Wildman–Crippen LogP) is 3.15. The zero-order valence-electron chi connectivity index (χ0n) is 12.3. The molecule has 108 valence electrons. The van der Waals surface area contributed by atoms with Crippen molar-refractivity contribution < 1.29 is 14.3 Å². The van der Waals surface area contributed by atoms with Crippen LogP contribution >= 0.6 is 0 Å². The Morgan fingerprint density at radius 3 is 2.53 bits per heavy atom. The fraction of sp³-hybridized carbons (Fsp3) is 0.867. The minimum Gasteiger partial charge on any atom is -0.444 e. The molecule has 2 aliphatic rings. The number of carbonyl (C=O) groups is 2. The lowest BCUT2D eigenvalue weighted by Gasteiger charge is -2.39. The van der Waals surface area contributed by atoms with E-state index in [0.29, 0.717) is 12.2 Å². The van der Waals surface area contributed by atoms with Crippen LogP contribution in [-0.2, 0) is 9.53 Å². The van der Waals surface area contributed by atoms with Gasteiger partial charge in [0.15, 0.2) is 0 Å². The Bertz CT molecular complexity index is 359. The fourth-order valence-corrected chi connectivity index (χ4v) is 3.17. The van der Waals surface area contributed by atoms with Crippen molar-refractivity contribution in [2.75, 3.05) is 6.54 Å². The molecule has 1 saturated heterocycles. The summed E-state index contributed by atoms with van der Waals surface area (Å²) < 4.78 is 5.48. The van der Waals surface area contributed by atoms with E-state index in [1.807, 2.05) is 25.7 Å². The first kappa shape index (κ1) is 14.4. The topological polar surface area (TPSA) is 46.6 Å². The zero-order valence-corrected chi connectivity index (χ0v) is 12.3. The molecule has 2 unspecified atom stereocenters. The van der Waals surface area contributed by atoms with Crippen LogP contribution in [0.15, 0.2) is 0 Å². The van der Waals surface area contributed by atoms with E-state index in [4.69, 9.17) is 4.74 Å². The van der Waals surface area contributed by atoms with Gasteiger partial charge in [0, 0.05) is 24.9 Å². The van der Waals surface area contributed by atoms with E-state index >= 15 is 0 Å². The molecule has 2 fully saturated rings. The molecule has 1 saturated carbocycles. The van der Waals surface area contributed by atoms with Gasteiger partial charge < -0.3 is 9.64 Å². The van der Waals surface area contributed by atoms with E-state index in [2.05, 4.69) is 0 Å². The monoisotopic (exact) mass is 267 g/mol. The number of amides is 1. The first-order valence-electron chi connectivity index (χ1n) is 7.41. The summed E-state index contributed by atoms with van der Waals surface area (Å²) in [6, 6.07) is 0.0681. The van der Waals surface area contributed by atoms with E-state index in [1.54, 1.807) is 0 Å². The van der Waals surface area contributed by atoms with E-state index in [-0.39, 0.29) is 18.1 Å². The Labute approximate surface area is 115 Å². The summed E-state index contributed by atoms with van der Waals surface area (Å²) in [7, 11) is 0. The highest BCUT2D eigenvalue weighted by atomic mass is 16.6. The molecule has 0 bridgehead atoms. The standard InChI is InChI=1S/C15H25NO3/c1-15(2,3)19-14(18)16-10-5-4-8-12(16)11-7-6-9-13(11)17/h11-12H,4-10H2,1-3H3. The number of rotatable bonds is 1. The maximum atomic E-state index is 12.3. The lowest BCUT2D eigenvalue weighted by atomic mass is 9.89. The summed E-state index contributed by atoms with van der Waals surface area (Å²) >= 11 is 0. The highest BCUT2D eigenvalue weighted by molar-refractivity contribution is 5.84. The largest absolute Gasteiger partial charge is 0.444 e. The maximum absolute atomic E-state index is 12.3. The molecule has 1 aliphatic heterocycles. The van der Waals surface area contributed by atoms with Crippen molar-refractivity contribution in [3.8, 4) is 0 Å². The Balaban J connectivity index is 2.07. The lowest BCUT2D eigenvalue weighted by Crippen LogP contribution is -2.50. The van der Waals surface area contributed by atoms with Gasteiger partial charge in [0.25, 0.3) is 0 Å². The number of piperidine rings is 1. The third kappa shape index (κ3) is 3.48. The van der Waals surface area contributed by atoms with Crippen molar-refractivity contribution >= 4 is 11.9 Å². The second kappa shape index (κ2) is 5.51. The van der Waals surface area contributed by atoms with Crippen LogP contribution < -0.4 is 0 Å². The first-order valence-corrected chi connectivity index (χ1v) is 7.41. The van der Waals surface area contributed by atoms with Crippen molar-refractivity contribution in [3.05, 3.63) is 0 Å². The number of ketones is 1. The van der Waals surface area contributed by atoms with Crippen molar-refractivity contribution in [1.29, 1.82) is 0 Å². The quantitative estimate of drug-likeness (QED) is 0.733. The first-order chi connectivity index (χ1) is 8.88. The number of likely N-dealkylation sites (tertiary alicyclic amines) is 1. The van der Waals surface area contributed by atoms with Crippen LogP contribution in [0.4, 0.5) is 4.79 Å². The van der Waals surface area contributed by atoms with Gasteiger partial charge in [-0.1, -0.05) is 0 Å². The molecule has 2 rings (SSSR count). The molecule has 1 amide bonds. The molecular formula is C15H25NO3. The molecule has 1 aliphatic carbocycles. The number of carbonyl (C=O) groups excluding carboxylic acids is 2. The zero-order chi connectivity index (χ0) is 14.0. The van der Waals surface area contributed by atoms with Gasteiger partial charge in [-0.3, -0.25) is 4.79 Å². The summed E-state index contributed by atoms with van der Waals surface area (Å²) in [4.78, 5) is 26.0. The minimum atomic E-state index is -0.473. The molecule has 4 heteroatoms. The Kier molecular flexibility index (Phi) is 4.16. The molecule has 1 heterocycles. The number of Topliss-reactive ketones (excluding diaryl/α,β-unsaturated/α-hetero) is 1. The molecule has 19 heavy (non-hydrogen) atoms. The number of nitrogens with zero attached hydrogens (tertiary/aromatic N) is 1. The second-order valence-electron chi connectivity index (χ2n) is 6.70. The Hall–Kier alpha value is -1.06. The van der Waals surface area contributed by atoms with Gasteiger partial charge in [-0.15, -0.1) is 0 Å². The second-order valence-corrected chi connectivity index (χ2v) is 6.70. The van der Waals surface area contributed by atoms with Gasteiger partial charge >= 0.3 is 6.09 Å². The van der Waals surface area contributed by atoms with E-state index in [0.717, 1.165) is 38.6 Å². The highest BCUT2D eigenvalue weighted by Crippen LogP contribution is 2.33. The molecular weight excluding hydrogens is 242 g/mol. The third-order valence-electron chi connectivity index (χ3n) is 3.99. The van der Waals surface area contributed by atoms with E-state index in [9.17, 15) is 9.59 Å². The van der Waals surface area contributed by atoms with Gasteiger partial charge in [-0.2, -0.15) is 0 Å². The van der Waals surface area contributed by atoms with Crippen LogP contribution in [0.1, 0.15) is 59.3 Å². The molecule has 0 N–H and O–H groups in total. The summed E-state index contributed by atoms with van der Waals surface area (Å²) in [6.07, 6.45) is 5.39. The van der Waals surface area contributed by atoms with Crippen molar-refractivity contribution in [2.24, 2.45) is 5.92 Å². The van der Waals surface area contributed by atoms with Crippen LogP contribution in [0.25, 0.3) is 0 Å². The van der Waals surface area contributed by atoms with Crippen molar-refractivity contribution in [1.82, 2.24) is 4.90 Å². The number of hydrogen-bond acceptors (Lipinski definition) is 3. The smallest absolute Gasteiger partial charge is 0.410 e. The van der Waals surface area contributed by atoms with Crippen LogP contribution in [0.3, 0.4) is 0 Å². The maximum Gasteiger partial charge on any atom is 0.410 e. The summed E-state index contributed by atoms with van der Waals surface area (Å²) in [5, 5.41) is 0. The highest BCUT2D eigenvalue weighted by Gasteiger charge is 2.40. The lowest BCUT2D eigenvalue weighted by molar-refractivity contribution is -0.122. The molecule has 0 aromatic rings. The van der Waals surface area contributed by atoms with Crippen LogP contribution in [-0.4, -0.2) is 35.0 Å². The Morgan fingerprint density at radius 2 is 1.95 bits per heavy atom. The molecule has 4 nitrogen and oxygen atoms in total. The number of hydrogen-bond donors (Lipinski definition) is 0. The van der Waals surface area contributed by atoms with Crippen LogP contribution in [0.5, 0.6) is 0 Å². The molecule has 0 radical (unpaired) electrons. The van der Waals surface area contributed by atoms with Gasteiger partial charge in [0.1, 0.15) is 11.4 Å². The molecule has 2 atom stereocenters. The molecule has 0 aromatic carbocycles. The third-order valence-corrected chi connectivity index (χ3v) is 3.99. The van der Waals surface area contributed by atoms with Gasteiger partial charge in [-0.25, -0.2) is 4.79 Å². The van der Waals surface area contributed by atoms with Crippen LogP contribution in [0, 0.1) is 5.92 Å². The predicted molar refractivity (Wildman–Crippen MR) is 72.9 cm³/mol. The average Bonchev–Trinajstić information content (AvgIpc) is 2.73. The fourth-order valence-electron chi connectivity index (χ4n) is 3.17. The van der Waals surface area contributed by atoms with Crippen LogP contribution in [0.2, 0.25) is 0 Å². The van der Waals surface area contributed by atoms with Gasteiger partial charge in [0.2, 0.25) is 0 Å². The minimum absolute atomic E-state index is 0.0489. The van der Waals surface area contributed by atoms with Gasteiger partial charge in [0.05, 0.1) is 0 Å². The SMILES string of the molecule is CC(C)(C)OC(=O)N1CCCCC1C1CCCC1=O. The normalized spacial score (nSPS) is 28.6. The summed E-state index contributed by atoms with van der Waals surface area (Å²) in [6.45, 7) is 6.36. The van der Waals surface area contributed by atoms with Crippen molar-refractivity contribution in [2.45, 2.75) is 70.9 Å². The van der Waals surface area contributed by atoms with Gasteiger partial charge in [-0.05, 0) is 52.9 Å². The van der Waals surface area contributed by atoms with E-state index < -0.39 is 5.60 Å². The van der Waals surface area contributed by atoms with E-state index in [1.165, 1.54) is 0 Å².